The number of aliphatic hydroxyl groups is 1. The highest BCUT2D eigenvalue weighted by atomic mass is 32.2. The van der Waals surface area contributed by atoms with Crippen LogP contribution in [0.15, 0.2) is 0 Å². The third-order valence-electron chi connectivity index (χ3n) is 3.16. The summed E-state index contributed by atoms with van der Waals surface area (Å²) < 4.78 is 0. The second-order valence-electron chi connectivity index (χ2n) is 5.05. The Bertz CT molecular complexity index is 139. The molecular weight excluding hydrogens is 228 g/mol. The second-order valence-corrected chi connectivity index (χ2v) is 6.59. The highest BCUT2D eigenvalue weighted by Crippen LogP contribution is 2.14. The zero-order chi connectivity index (χ0) is 12.8. The van der Waals surface area contributed by atoms with E-state index in [-0.39, 0.29) is 0 Å². The summed E-state index contributed by atoms with van der Waals surface area (Å²) >= 11 is 1.90. The molecule has 1 N–H and O–H groups in total. The maximum Gasteiger partial charge on any atom is 0.0547 e. The summed E-state index contributed by atoms with van der Waals surface area (Å²) in [6.07, 6.45) is 14.0. The fourth-order valence-electron chi connectivity index (χ4n) is 1.93. The molecule has 104 valence electrons. The molecule has 0 aromatic rings. The average Bonchev–Trinajstić information content (AvgIpc) is 2.35. The predicted octanol–water partition coefficient (Wildman–Crippen LogP) is 5.02. The van der Waals surface area contributed by atoms with Crippen molar-refractivity contribution in [2.75, 3.05) is 12.4 Å². The largest absolute Gasteiger partial charge is 0.395 e. The van der Waals surface area contributed by atoms with Crippen LogP contribution in [0.3, 0.4) is 0 Å². The molecule has 0 aliphatic heterocycles. The minimum absolute atomic E-state index is 0.322. The van der Waals surface area contributed by atoms with Gasteiger partial charge in [0.05, 0.1) is 6.61 Å². The van der Waals surface area contributed by atoms with Gasteiger partial charge in [-0.15, -0.1) is 0 Å². The molecule has 17 heavy (non-hydrogen) atoms. The average molecular weight is 260 g/mol. The molecule has 0 saturated heterocycles. The maximum absolute atomic E-state index is 8.88. The van der Waals surface area contributed by atoms with Crippen molar-refractivity contribution in [3.05, 3.63) is 0 Å². The van der Waals surface area contributed by atoms with Crippen LogP contribution in [0.25, 0.3) is 0 Å². The summed E-state index contributed by atoms with van der Waals surface area (Å²) in [5.74, 6) is 1.22. The smallest absolute Gasteiger partial charge is 0.0547 e. The molecule has 0 rings (SSSR count). The Hall–Kier alpha value is 0.310. The minimum Gasteiger partial charge on any atom is -0.395 e. The van der Waals surface area contributed by atoms with Crippen LogP contribution in [0.2, 0.25) is 0 Å². The summed E-state index contributed by atoms with van der Waals surface area (Å²) in [5, 5.41) is 9.30. The van der Waals surface area contributed by atoms with E-state index in [0.29, 0.717) is 11.9 Å². The van der Waals surface area contributed by atoms with Gasteiger partial charge >= 0.3 is 0 Å². The van der Waals surface area contributed by atoms with Crippen LogP contribution >= 0.6 is 11.8 Å². The van der Waals surface area contributed by atoms with Gasteiger partial charge in [0, 0.05) is 5.25 Å². The first-order chi connectivity index (χ1) is 8.31. The van der Waals surface area contributed by atoms with Crippen molar-refractivity contribution in [3.63, 3.8) is 0 Å². The van der Waals surface area contributed by atoms with Crippen LogP contribution in [0, 0.1) is 0 Å². The van der Waals surface area contributed by atoms with E-state index >= 15 is 0 Å². The Balaban J connectivity index is 2.94. The summed E-state index contributed by atoms with van der Waals surface area (Å²) in [6.45, 7) is 4.69. The van der Waals surface area contributed by atoms with Crippen LogP contribution in [0.1, 0.15) is 78.1 Å². The molecule has 0 fully saturated rings. The molecule has 0 heterocycles. The van der Waals surface area contributed by atoms with Crippen molar-refractivity contribution < 1.29 is 5.11 Å². The molecule has 0 aromatic carbocycles. The van der Waals surface area contributed by atoms with Gasteiger partial charge < -0.3 is 5.11 Å². The molecule has 2 heteroatoms. The molecule has 0 bridgehead atoms. The van der Waals surface area contributed by atoms with E-state index < -0.39 is 0 Å². The first-order valence-corrected chi connectivity index (χ1v) is 8.58. The minimum atomic E-state index is 0.322. The number of unbranched alkanes of at least 4 members (excludes halogenated alkanes) is 9. The van der Waals surface area contributed by atoms with Gasteiger partial charge in [0.1, 0.15) is 0 Å². The SMILES string of the molecule is CCCCCCCCCCCCSC(C)CO. The first-order valence-electron chi connectivity index (χ1n) is 7.53. The Morgan fingerprint density at radius 3 is 1.76 bits per heavy atom. The van der Waals surface area contributed by atoms with Gasteiger partial charge in [-0.25, -0.2) is 0 Å². The molecule has 0 saturated carbocycles. The lowest BCUT2D eigenvalue weighted by molar-refractivity contribution is 0.300. The predicted molar refractivity (Wildman–Crippen MR) is 80.8 cm³/mol. The van der Waals surface area contributed by atoms with Gasteiger partial charge in [-0.2, -0.15) is 11.8 Å². The summed E-state index contributed by atoms with van der Waals surface area (Å²) in [6, 6.07) is 0. The quantitative estimate of drug-likeness (QED) is 0.469. The summed E-state index contributed by atoms with van der Waals surface area (Å²) in [7, 11) is 0. The maximum atomic E-state index is 8.88. The van der Waals surface area contributed by atoms with E-state index in [1.807, 2.05) is 11.8 Å². The Morgan fingerprint density at radius 2 is 1.29 bits per heavy atom. The van der Waals surface area contributed by atoms with E-state index in [9.17, 15) is 0 Å². The van der Waals surface area contributed by atoms with Crippen LogP contribution in [-0.2, 0) is 0 Å². The van der Waals surface area contributed by atoms with Gasteiger partial charge in [-0.1, -0.05) is 71.6 Å². The number of aliphatic hydroxyl groups excluding tert-OH is 1. The third-order valence-corrected chi connectivity index (χ3v) is 4.40. The standard InChI is InChI=1S/C15H32OS/c1-3-4-5-6-7-8-9-10-11-12-13-17-15(2)14-16/h15-16H,3-14H2,1-2H3. The molecular formula is C15H32OS. The molecule has 1 nitrogen and oxygen atoms in total. The van der Waals surface area contributed by atoms with E-state index in [4.69, 9.17) is 5.11 Å². The lowest BCUT2D eigenvalue weighted by Crippen LogP contribution is -2.02. The fourth-order valence-corrected chi connectivity index (χ4v) is 2.81. The molecule has 0 radical (unpaired) electrons. The molecule has 0 spiro atoms. The second kappa shape index (κ2) is 14.4. The van der Waals surface area contributed by atoms with Crippen molar-refractivity contribution >= 4 is 11.8 Å². The fraction of sp³-hybridized carbons (Fsp3) is 1.00. The number of rotatable bonds is 13. The Morgan fingerprint density at radius 1 is 0.824 bits per heavy atom. The van der Waals surface area contributed by atoms with Crippen LogP contribution in [0.5, 0.6) is 0 Å². The highest BCUT2D eigenvalue weighted by molar-refractivity contribution is 7.99. The van der Waals surface area contributed by atoms with Gasteiger partial charge in [0.15, 0.2) is 0 Å². The van der Waals surface area contributed by atoms with Crippen molar-refractivity contribution in [3.8, 4) is 0 Å². The molecule has 1 unspecified atom stereocenters. The zero-order valence-corrected chi connectivity index (χ0v) is 12.7. The monoisotopic (exact) mass is 260 g/mol. The summed E-state index contributed by atoms with van der Waals surface area (Å²) in [4.78, 5) is 0. The first kappa shape index (κ1) is 17.3. The van der Waals surface area contributed by atoms with Gasteiger partial charge in [0.25, 0.3) is 0 Å². The zero-order valence-electron chi connectivity index (χ0n) is 11.9. The van der Waals surface area contributed by atoms with E-state index in [1.165, 1.54) is 70.0 Å². The lowest BCUT2D eigenvalue weighted by Gasteiger charge is -2.06. The molecule has 1 atom stereocenters. The van der Waals surface area contributed by atoms with Gasteiger partial charge in [-0.05, 0) is 12.2 Å². The Kier molecular flexibility index (Phi) is 14.6. The van der Waals surface area contributed by atoms with Crippen LogP contribution in [-0.4, -0.2) is 22.7 Å². The molecule has 0 aromatic heterocycles. The van der Waals surface area contributed by atoms with Crippen LogP contribution < -0.4 is 0 Å². The van der Waals surface area contributed by atoms with Crippen molar-refractivity contribution in [2.45, 2.75) is 83.3 Å². The van der Waals surface area contributed by atoms with Crippen molar-refractivity contribution in [1.82, 2.24) is 0 Å². The lowest BCUT2D eigenvalue weighted by atomic mass is 10.1. The third kappa shape index (κ3) is 14.2. The number of hydrogen-bond acceptors (Lipinski definition) is 2. The van der Waals surface area contributed by atoms with Crippen LogP contribution in [0.4, 0.5) is 0 Å². The number of thioether (sulfide) groups is 1. The van der Waals surface area contributed by atoms with Gasteiger partial charge in [-0.3, -0.25) is 0 Å². The topological polar surface area (TPSA) is 20.2 Å². The molecule has 0 aliphatic carbocycles. The van der Waals surface area contributed by atoms with E-state index in [2.05, 4.69) is 13.8 Å². The van der Waals surface area contributed by atoms with E-state index in [1.54, 1.807) is 0 Å². The molecule has 0 amide bonds. The normalized spacial score (nSPS) is 12.9. The van der Waals surface area contributed by atoms with Crippen molar-refractivity contribution in [2.24, 2.45) is 0 Å². The Labute approximate surface area is 113 Å². The molecule has 0 aliphatic rings. The van der Waals surface area contributed by atoms with E-state index in [0.717, 1.165) is 0 Å². The highest BCUT2D eigenvalue weighted by Gasteiger charge is 1.99. The number of hydrogen-bond donors (Lipinski definition) is 1. The summed E-state index contributed by atoms with van der Waals surface area (Å²) in [5.41, 5.74) is 0. The van der Waals surface area contributed by atoms with Crippen molar-refractivity contribution in [1.29, 1.82) is 0 Å². The van der Waals surface area contributed by atoms with Gasteiger partial charge in [0.2, 0.25) is 0 Å².